The average Bonchev–Trinajstić information content (AvgIpc) is 2.92. The highest BCUT2D eigenvalue weighted by Gasteiger charge is 2.17. The van der Waals surface area contributed by atoms with Gasteiger partial charge in [-0.05, 0) is 25.7 Å². The molecule has 1 saturated heterocycles. The van der Waals surface area contributed by atoms with Crippen molar-refractivity contribution in [1.82, 2.24) is 0 Å². The Morgan fingerprint density at radius 2 is 1.70 bits per heavy atom. The molecule has 0 aromatic carbocycles. The van der Waals surface area contributed by atoms with E-state index >= 15 is 0 Å². The summed E-state index contributed by atoms with van der Waals surface area (Å²) in [5, 5.41) is 8.48. The number of carbonyl (C=O) groups is 2. The van der Waals surface area contributed by atoms with Gasteiger partial charge in [-0.1, -0.05) is 25.7 Å². The summed E-state index contributed by atoms with van der Waals surface area (Å²) in [7, 11) is 0. The third-order valence-corrected chi connectivity index (χ3v) is 3.48. The Morgan fingerprint density at radius 1 is 1.05 bits per heavy atom. The fourth-order valence-corrected chi connectivity index (χ4v) is 2.29. The van der Waals surface area contributed by atoms with Crippen LogP contribution in [0.3, 0.4) is 0 Å². The molecule has 1 heterocycles. The summed E-state index contributed by atoms with van der Waals surface area (Å²) >= 11 is 0. The van der Waals surface area contributed by atoms with Gasteiger partial charge in [0.1, 0.15) is 6.61 Å². The highest BCUT2D eigenvalue weighted by molar-refractivity contribution is 5.69. The standard InChI is InChI=1S/C15H26O5/c16-14(17)9-5-3-1-2-4-6-10-15(18)20-12-13-8-7-11-19-13/h13H,1-12H2,(H,16,17). The van der Waals surface area contributed by atoms with E-state index in [1.54, 1.807) is 0 Å². The molecule has 0 saturated carbocycles. The molecule has 1 N–H and O–H groups in total. The van der Waals surface area contributed by atoms with Crippen LogP contribution < -0.4 is 0 Å². The maximum Gasteiger partial charge on any atom is 0.305 e. The monoisotopic (exact) mass is 286 g/mol. The topological polar surface area (TPSA) is 72.8 Å². The molecule has 0 aliphatic carbocycles. The van der Waals surface area contributed by atoms with Gasteiger partial charge in [-0.2, -0.15) is 0 Å². The number of esters is 1. The average molecular weight is 286 g/mol. The van der Waals surface area contributed by atoms with E-state index in [-0.39, 0.29) is 18.5 Å². The number of hydrogen-bond donors (Lipinski definition) is 1. The van der Waals surface area contributed by atoms with Gasteiger partial charge in [0.2, 0.25) is 0 Å². The van der Waals surface area contributed by atoms with E-state index in [4.69, 9.17) is 14.6 Å². The molecule has 116 valence electrons. The van der Waals surface area contributed by atoms with Crippen molar-refractivity contribution in [3.8, 4) is 0 Å². The Bertz CT molecular complexity index is 284. The van der Waals surface area contributed by atoms with Crippen LogP contribution in [-0.2, 0) is 19.1 Å². The van der Waals surface area contributed by atoms with Gasteiger partial charge in [0, 0.05) is 19.4 Å². The van der Waals surface area contributed by atoms with Crippen LogP contribution in [0.2, 0.25) is 0 Å². The van der Waals surface area contributed by atoms with Crippen molar-refractivity contribution >= 4 is 11.9 Å². The number of hydrogen-bond acceptors (Lipinski definition) is 4. The zero-order valence-electron chi connectivity index (χ0n) is 12.1. The predicted molar refractivity (Wildman–Crippen MR) is 74.5 cm³/mol. The van der Waals surface area contributed by atoms with Crippen LogP contribution in [0.25, 0.3) is 0 Å². The Balaban J connectivity index is 1.83. The van der Waals surface area contributed by atoms with E-state index in [0.717, 1.165) is 58.0 Å². The first-order chi connectivity index (χ1) is 9.68. The van der Waals surface area contributed by atoms with Crippen LogP contribution >= 0.6 is 0 Å². The van der Waals surface area contributed by atoms with Gasteiger partial charge in [-0.15, -0.1) is 0 Å². The van der Waals surface area contributed by atoms with Crippen LogP contribution in [0.15, 0.2) is 0 Å². The first kappa shape index (κ1) is 17.0. The quantitative estimate of drug-likeness (QED) is 0.467. The number of carboxylic acids is 1. The lowest BCUT2D eigenvalue weighted by Crippen LogP contribution is -2.17. The van der Waals surface area contributed by atoms with Crippen molar-refractivity contribution in [3.05, 3.63) is 0 Å². The molecule has 0 aromatic rings. The van der Waals surface area contributed by atoms with Crippen LogP contribution in [0.1, 0.15) is 64.2 Å². The van der Waals surface area contributed by atoms with Crippen LogP contribution in [0.5, 0.6) is 0 Å². The second kappa shape index (κ2) is 10.7. The van der Waals surface area contributed by atoms with Gasteiger partial charge < -0.3 is 14.6 Å². The fraction of sp³-hybridized carbons (Fsp3) is 0.867. The number of rotatable bonds is 11. The fourth-order valence-electron chi connectivity index (χ4n) is 2.29. The summed E-state index contributed by atoms with van der Waals surface area (Å²) < 4.78 is 10.5. The Morgan fingerprint density at radius 3 is 2.30 bits per heavy atom. The number of unbranched alkanes of at least 4 members (excludes halogenated alkanes) is 5. The highest BCUT2D eigenvalue weighted by Crippen LogP contribution is 2.13. The molecule has 0 bridgehead atoms. The van der Waals surface area contributed by atoms with Crippen molar-refractivity contribution in [1.29, 1.82) is 0 Å². The van der Waals surface area contributed by atoms with Gasteiger partial charge in [-0.3, -0.25) is 9.59 Å². The number of ether oxygens (including phenoxy) is 2. The lowest BCUT2D eigenvalue weighted by molar-refractivity contribution is -0.147. The minimum Gasteiger partial charge on any atom is -0.481 e. The molecule has 0 amide bonds. The van der Waals surface area contributed by atoms with Gasteiger partial charge >= 0.3 is 11.9 Å². The molecule has 0 spiro atoms. The molecule has 1 rings (SSSR count). The van der Waals surface area contributed by atoms with E-state index in [0.29, 0.717) is 13.0 Å². The number of carbonyl (C=O) groups excluding carboxylic acids is 1. The van der Waals surface area contributed by atoms with Crippen LogP contribution in [-0.4, -0.2) is 36.4 Å². The Kier molecular flexibility index (Phi) is 9.04. The van der Waals surface area contributed by atoms with E-state index in [1.165, 1.54) is 0 Å². The van der Waals surface area contributed by atoms with E-state index < -0.39 is 5.97 Å². The van der Waals surface area contributed by atoms with E-state index in [2.05, 4.69) is 0 Å². The molecule has 0 radical (unpaired) electrons. The first-order valence-corrected chi connectivity index (χ1v) is 7.67. The minimum atomic E-state index is -0.723. The summed E-state index contributed by atoms with van der Waals surface area (Å²) in [6.07, 6.45) is 8.54. The maximum absolute atomic E-state index is 11.5. The van der Waals surface area contributed by atoms with E-state index in [1.807, 2.05) is 0 Å². The molecule has 5 heteroatoms. The minimum absolute atomic E-state index is 0.105. The van der Waals surface area contributed by atoms with Crippen molar-refractivity contribution < 1.29 is 24.2 Å². The molecular weight excluding hydrogens is 260 g/mol. The van der Waals surface area contributed by atoms with Crippen molar-refractivity contribution in [2.75, 3.05) is 13.2 Å². The highest BCUT2D eigenvalue weighted by atomic mass is 16.6. The molecular formula is C15H26O5. The molecule has 1 unspecified atom stereocenters. The van der Waals surface area contributed by atoms with Gasteiger partial charge in [0.05, 0.1) is 6.10 Å². The zero-order chi connectivity index (χ0) is 14.6. The Labute approximate surface area is 120 Å². The summed E-state index contributed by atoms with van der Waals surface area (Å²) in [5.74, 6) is -0.856. The van der Waals surface area contributed by atoms with Crippen molar-refractivity contribution in [3.63, 3.8) is 0 Å². The summed E-state index contributed by atoms with van der Waals surface area (Å²) in [6, 6.07) is 0. The summed E-state index contributed by atoms with van der Waals surface area (Å²) in [6.45, 7) is 1.18. The third kappa shape index (κ3) is 8.91. The van der Waals surface area contributed by atoms with Crippen LogP contribution in [0, 0.1) is 0 Å². The third-order valence-electron chi connectivity index (χ3n) is 3.48. The zero-order valence-corrected chi connectivity index (χ0v) is 12.1. The summed E-state index contributed by atoms with van der Waals surface area (Å²) in [5.41, 5.74) is 0. The predicted octanol–water partition coefficient (Wildman–Crippen LogP) is 2.91. The maximum atomic E-state index is 11.5. The normalized spacial score (nSPS) is 18.1. The molecule has 1 atom stereocenters. The van der Waals surface area contributed by atoms with Gasteiger partial charge in [0.25, 0.3) is 0 Å². The second-order valence-electron chi connectivity index (χ2n) is 5.33. The van der Waals surface area contributed by atoms with Gasteiger partial charge in [-0.25, -0.2) is 0 Å². The Hall–Kier alpha value is -1.10. The van der Waals surface area contributed by atoms with E-state index in [9.17, 15) is 9.59 Å². The lowest BCUT2D eigenvalue weighted by Gasteiger charge is -2.09. The lowest BCUT2D eigenvalue weighted by atomic mass is 10.1. The largest absolute Gasteiger partial charge is 0.481 e. The molecule has 5 nitrogen and oxygen atoms in total. The molecule has 1 fully saturated rings. The number of carboxylic acid groups (broad SMARTS) is 1. The second-order valence-corrected chi connectivity index (χ2v) is 5.33. The number of aliphatic carboxylic acids is 1. The van der Waals surface area contributed by atoms with Crippen molar-refractivity contribution in [2.45, 2.75) is 70.3 Å². The molecule has 1 aliphatic heterocycles. The summed E-state index contributed by atoms with van der Waals surface area (Å²) in [4.78, 5) is 21.8. The van der Waals surface area contributed by atoms with Gasteiger partial charge in [0.15, 0.2) is 0 Å². The molecule has 20 heavy (non-hydrogen) atoms. The smallest absolute Gasteiger partial charge is 0.305 e. The SMILES string of the molecule is O=C(O)CCCCCCCCC(=O)OCC1CCCO1. The van der Waals surface area contributed by atoms with Crippen LogP contribution in [0.4, 0.5) is 0 Å². The molecule has 1 aliphatic rings. The molecule has 0 aromatic heterocycles. The van der Waals surface area contributed by atoms with Crippen molar-refractivity contribution in [2.24, 2.45) is 0 Å². The first-order valence-electron chi connectivity index (χ1n) is 7.67.